The number of carboxylic acids is 1. The van der Waals surface area contributed by atoms with E-state index in [2.05, 4.69) is 25.6 Å². The second-order valence-corrected chi connectivity index (χ2v) is 7.53. The Morgan fingerprint density at radius 3 is 2.35 bits per heavy atom. The zero-order valence-electron chi connectivity index (χ0n) is 17.5. The lowest BCUT2D eigenvalue weighted by atomic mass is 10.0. The number of ether oxygens (including phenoxy) is 2. The van der Waals surface area contributed by atoms with Crippen LogP contribution in [0.1, 0.15) is 38.9 Å². The average Bonchev–Trinajstić information content (AvgIpc) is 2.66. The number of aromatic nitrogens is 2. The molecule has 1 aromatic heterocycles. The molecule has 1 heterocycles. The summed E-state index contributed by atoms with van der Waals surface area (Å²) >= 11 is 0. The van der Waals surface area contributed by atoms with Gasteiger partial charge in [-0.3, -0.25) is 14.9 Å². The smallest absolute Gasteiger partial charge is 0.411 e. The number of nitrogens with one attached hydrogen (secondary N) is 3. The number of carbonyl (C=O) groups is 3. The summed E-state index contributed by atoms with van der Waals surface area (Å²) in [6.45, 7) is 5.02. The Bertz CT molecular complexity index is 1010. The first kappa shape index (κ1) is 23.4. The maximum Gasteiger partial charge on any atom is 0.411 e. The number of methoxy groups -OCH3 is 1. The highest BCUT2D eigenvalue weighted by molar-refractivity contribution is 5.85. The second kappa shape index (κ2) is 9.74. The first-order valence-corrected chi connectivity index (χ1v) is 9.25. The van der Waals surface area contributed by atoms with Gasteiger partial charge in [-0.2, -0.15) is 5.10 Å². The van der Waals surface area contributed by atoms with Crippen molar-refractivity contribution in [2.24, 2.45) is 0 Å². The number of aliphatic carboxylic acids is 1. The van der Waals surface area contributed by atoms with E-state index in [1.54, 1.807) is 45.0 Å². The van der Waals surface area contributed by atoms with Gasteiger partial charge in [-0.15, -0.1) is 0 Å². The van der Waals surface area contributed by atoms with Crippen LogP contribution in [0.4, 0.5) is 15.3 Å². The van der Waals surface area contributed by atoms with E-state index in [9.17, 15) is 24.3 Å². The molecule has 2 rings (SSSR count). The molecule has 0 saturated carbocycles. The number of anilines is 1. The van der Waals surface area contributed by atoms with Crippen LogP contribution in [0.2, 0.25) is 0 Å². The van der Waals surface area contributed by atoms with Crippen LogP contribution in [0.25, 0.3) is 11.1 Å². The number of hydrogen-bond acceptors (Lipinski definition) is 7. The molecule has 0 aliphatic rings. The molecule has 0 radical (unpaired) electrons. The minimum Gasteiger partial charge on any atom is -0.481 e. The van der Waals surface area contributed by atoms with E-state index in [1.165, 1.54) is 13.2 Å². The van der Waals surface area contributed by atoms with Gasteiger partial charge >= 0.3 is 18.2 Å². The summed E-state index contributed by atoms with van der Waals surface area (Å²) in [5, 5.41) is 20.4. The zero-order chi connectivity index (χ0) is 23.2. The molecule has 11 heteroatoms. The topological polar surface area (TPSA) is 160 Å². The van der Waals surface area contributed by atoms with Crippen LogP contribution in [0.5, 0.6) is 0 Å². The number of carboxylic acid groups (broad SMARTS) is 1. The Morgan fingerprint density at radius 1 is 1.16 bits per heavy atom. The van der Waals surface area contributed by atoms with Gasteiger partial charge in [0.1, 0.15) is 5.60 Å². The van der Waals surface area contributed by atoms with Crippen molar-refractivity contribution in [3.05, 3.63) is 46.4 Å². The minimum atomic E-state index is -1.17. The largest absolute Gasteiger partial charge is 0.481 e. The van der Waals surface area contributed by atoms with E-state index in [1.807, 2.05) is 0 Å². The number of aromatic amines is 1. The molecule has 0 unspecified atom stereocenters. The lowest BCUT2D eigenvalue weighted by molar-refractivity contribution is -0.137. The number of hydrogen-bond donors (Lipinski definition) is 4. The Hall–Kier alpha value is -3.89. The highest BCUT2D eigenvalue weighted by Crippen LogP contribution is 2.22. The predicted octanol–water partition coefficient (Wildman–Crippen LogP) is 2.66. The Balaban J connectivity index is 2.33. The molecule has 1 aromatic carbocycles. The molecule has 166 valence electrons. The SMILES string of the molecule is COC(=O)Nc1ccc(-c2cc([C@H](CC(=O)O)NC(=O)OC(C)(C)C)n[nH]c2=O)cc1. The average molecular weight is 432 g/mol. The van der Waals surface area contributed by atoms with E-state index in [-0.39, 0.29) is 11.3 Å². The van der Waals surface area contributed by atoms with Crippen LogP contribution in [-0.2, 0) is 14.3 Å². The summed E-state index contributed by atoms with van der Waals surface area (Å²) in [6.07, 6.45) is -1.92. The molecule has 1 atom stereocenters. The van der Waals surface area contributed by atoms with Gasteiger partial charge in [0.05, 0.1) is 30.8 Å². The van der Waals surface area contributed by atoms with Crippen molar-refractivity contribution < 1.29 is 29.0 Å². The number of benzene rings is 1. The van der Waals surface area contributed by atoms with Crippen molar-refractivity contribution in [1.29, 1.82) is 0 Å². The highest BCUT2D eigenvalue weighted by atomic mass is 16.6. The molecule has 4 N–H and O–H groups in total. The maximum absolute atomic E-state index is 12.3. The molecule has 0 spiro atoms. The molecule has 11 nitrogen and oxygen atoms in total. The molecule has 0 saturated heterocycles. The molecule has 2 amide bonds. The van der Waals surface area contributed by atoms with Gasteiger partial charge in [0.15, 0.2) is 0 Å². The minimum absolute atomic E-state index is 0.139. The summed E-state index contributed by atoms with van der Waals surface area (Å²) < 4.78 is 9.69. The molecule has 0 aliphatic carbocycles. The lowest BCUT2D eigenvalue weighted by Gasteiger charge is -2.22. The molecular formula is C20H24N4O7. The summed E-state index contributed by atoms with van der Waals surface area (Å²) in [6, 6.07) is 6.68. The van der Waals surface area contributed by atoms with Crippen molar-refractivity contribution in [3.8, 4) is 11.1 Å². The van der Waals surface area contributed by atoms with Gasteiger partial charge in [0, 0.05) is 5.69 Å². The van der Waals surface area contributed by atoms with Gasteiger partial charge in [0.2, 0.25) is 0 Å². The fourth-order valence-electron chi connectivity index (χ4n) is 2.57. The number of rotatable bonds is 6. The first-order chi connectivity index (χ1) is 14.5. The van der Waals surface area contributed by atoms with Crippen molar-refractivity contribution in [2.45, 2.75) is 38.8 Å². The standard InChI is InChI=1S/C20H24N4O7/c1-20(2,3)31-19(29)22-14(10-16(25)26)15-9-13(17(27)24-23-15)11-5-7-12(8-6-11)21-18(28)30-4/h5-9,14H,10H2,1-4H3,(H,21,28)(H,22,29)(H,24,27)(H,25,26)/t14-/m0/s1. The van der Waals surface area contributed by atoms with Crippen LogP contribution >= 0.6 is 0 Å². The molecule has 0 aliphatic heterocycles. The monoisotopic (exact) mass is 432 g/mol. The lowest BCUT2D eigenvalue weighted by Crippen LogP contribution is -2.36. The molecular weight excluding hydrogens is 408 g/mol. The van der Waals surface area contributed by atoms with Crippen LogP contribution < -0.4 is 16.2 Å². The van der Waals surface area contributed by atoms with Gasteiger partial charge in [-0.05, 0) is 44.5 Å². The van der Waals surface area contributed by atoms with Crippen molar-refractivity contribution in [3.63, 3.8) is 0 Å². The third-order valence-electron chi connectivity index (χ3n) is 3.88. The zero-order valence-corrected chi connectivity index (χ0v) is 17.5. The van der Waals surface area contributed by atoms with E-state index < -0.39 is 41.8 Å². The summed E-state index contributed by atoms with van der Waals surface area (Å²) in [7, 11) is 1.24. The Labute approximate surface area is 177 Å². The van der Waals surface area contributed by atoms with Gasteiger partial charge in [-0.1, -0.05) is 12.1 Å². The van der Waals surface area contributed by atoms with Crippen molar-refractivity contribution >= 4 is 23.8 Å². The van der Waals surface area contributed by atoms with Crippen molar-refractivity contribution in [1.82, 2.24) is 15.5 Å². The van der Waals surface area contributed by atoms with E-state index in [0.717, 1.165) is 0 Å². The number of amides is 2. The van der Waals surface area contributed by atoms with Crippen LogP contribution in [-0.4, -0.2) is 46.2 Å². The number of H-pyrrole nitrogens is 1. The van der Waals surface area contributed by atoms with Gasteiger partial charge < -0.3 is 19.9 Å². The van der Waals surface area contributed by atoms with E-state index in [0.29, 0.717) is 11.3 Å². The third kappa shape index (κ3) is 7.14. The summed E-state index contributed by atoms with van der Waals surface area (Å²) in [5.41, 5.74) is 0.00392. The maximum atomic E-state index is 12.3. The molecule has 31 heavy (non-hydrogen) atoms. The number of alkyl carbamates (subject to hydrolysis) is 1. The normalized spacial score (nSPS) is 11.9. The Kier molecular flexibility index (Phi) is 7.35. The number of nitrogens with zero attached hydrogens (tertiary/aromatic N) is 1. The number of carbonyl (C=O) groups excluding carboxylic acids is 2. The fourth-order valence-corrected chi connectivity index (χ4v) is 2.57. The molecule has 2 aromatic rings. The quantitative estimate of drug-likeness (QED) is 0.542. The predicted molar refractivity (Wildman–Crippen MR) is 111 cm³/mol. The van der Waals surface area contributed by atoms with Crippen LogP contribution in [0, 0.1) is 0 Å². The van der Waals surface area contributed by atoms with Crippen LogP contribution in [0.3, 0.4) is 0 Å². The van der Waals surface area contributed by atoms with Gasteiger partial charge in [-0.25, -0.2) is 14.7 Å². The van der Waals surface area contributed by atoms with Crippen LogP contribution in [0.15, 0.2) is 35.1 Å². The Morgan fingerprint density at radius 2 is 1.81 bits per heavy atom. The van der Waals surface area contributed by atoms with E-state index in [4.69, 9.17) is 4.74 Å². The highest BCUT2D eigenvalue weighted by Gasteiger charge is 2.24. The second-order valence-electron chi connectivity index (χ2n) is 7.53. The summed E-state index contributed by atoms with van der Waals surface area (Å²) in [4.78, 5) is 47.0. The molecule has 0 bridgehead atoms. The fraction of sp³-hybridized carbons (Fsp3) is 0.350. The van der Waals surface area contributed by atoms with E-state index >= 15 is 0 Å². The third-order valence-corrected chi connectivity index (χ3v) is 3.88. The van der Waals surface area contributed by atoms with Gasteiger partial charge in [0.25, 0.3) is 5.56 Å². The first-order valence-electron chi connectivity index (χ1n) is 9.25. The molecule has 0 fully saturated rings. The van der Waals surface area contributed by atoms with Crippen molar-refractivity contribution in [2.75, 3.05) is 12.4 Å². The summed E-state index contributed by atoms with van der Waals surface area (Å²) in [5.74, 6) is -1.17.